The Bertz CT molecular complexity index is 629. The van der Waals surface area contributed by atoms with Crippen molar-refractivity contribution in [2.45, 2.75) is 38.6 Å². The van der Waals surface area contributed by atoms with Crippen molar-refractivity contribution in [1.29, 1.82) is 0 Å². The minimum atomic E-state index is -3.46. The van der Waals surface area contributed by atoms with E-state index >= 15 is 0 Å². The third kappa shape index (κ3) is 3.33. The van der Waals surface area contributed by atoms with Crippen molar-refractivity contribution >= 4 is 26.0 Å². The van der Waals surface area contributed by atoms with Crippen molar-refractivity contribution in [3.8, 4) is 0 Å². The molecule has 1 fully saturated rings. The lowest BCUT2D eigenvalue weighted by atomic mass is 9.96. The van der Waals surface area contributed by atoms with Gasteiger partial charge in [0.2, 0.25) is 10.0 Å². The van der Waals surface area contributed by atoms with Crippen LogP contribution in [0.25, 0.3) is 0 Å². The van der Waals surface area contributed by atoms with E-state index in [1.807, 2.05) is 13.0 Å². The molecule has 2 N–H and O–H groups in total. The number of sulfonamides is 1. The molecule has 0 aromatic heterocycles. The number of benzene rings is 1. The minimum absolute atomic E-state index is 0.339. The van der Waals surface area contributed by atoms with Crippen LogP contribution in [0.1, 0.15) is 31.4 Å². The summed E-state index contributed by atoms with van der Waals surface area (Å²) in [5.74, 6) is 0.947. The average Bonchev–Trinajstić information content (AvgIpc) is 2.92. The van der Waals surface area contributed by atoms with Crippen molar-refractivity contribution < 1.29 is 8.42 Å². The monoisotopic (exact) mass is 374 g/mol. The molecule has 1 heterocycles. The molecular weight excluding hydrogens is 352 g/mol. The summed E-state index contributed by atoms with van der Waals surface area (Å²) in [7, 11) is -3.46. The first-order chi connectivity index (χ1) is 9.77. The molecular formula is C15H23BrN2O2S. The van der Waals surface area contributed by atoms with Crippen LogP contribution in [0.5, 0.6) is 0 Å². The van der Waals surface area contributed by atoms with Gasteiger partial charge in [-0.1, -0.05) is 19.9 Å². The standard InChI is InChI=1S/C15H23BrN2O2S/c1-10(2)13-4-5-18(9-13)21(19,20)14-7-12(8-17)6-11(3)15(14)16/h6-7,10,13H,4-5,8-9,17H2,1-3H3. The molecule has 118 valence electrons. The number of hydrogen-bond acceptors (Lipinski definition) is 3. The maximum absolute atomic E-state index is 12.9. The molecule has 0 bridgehead atoms. The second kappa shape index (κ2) is 6.36. The summed E-state index contributed by atoms with van der Waals surface area (Å²) < 4.78 is 28.1. The highest BCUT2D eigenvalue weighted by molar-refractivity contribution is 9.10. The van der Waals surface area contributed by atoms with E-state index in [9.17, 15) is 8.42 Å². The predicted molar refractivity (Wildman–Crippen MR) is 88.5 cm³/mol. The van der Waals surface area contributed by atoms with E-state index < -0.39 is 10.0 Å². The zero-order valence-corrected chi connectivity index (χ0v) is 15.2. The summed E-state index contributed by atoms with van der Waals surface area (Å²) in [6.45, 7) is 7.74. The maximum atomic E-state index is 12.9. The smallest absolute Gasteiger partial charge is 0.244 e. The SMILES string of the molecule is Cc1cc(CN)cc(S(=O)(=O)N2CCC(C(C)C)C2)c1Br. The van der Waals surface area contributed by atoms with Gasteiger partial charge in [0.15, 0.2) is 0 Å². The predicted octanol–water partition coefficient (Wildman–Crippen LogP) is 2.88. The van der Waals surface area contributed by atoms with Crippen molar-refractivity contribution in [3.63, 3.8) is 0 Å². The topological polar surface area (TPSA) is 63.4 Å². The molecule has 1 aliphatic rings. The van der Waals surface area contributed by atoms with Gasteiger partial charge in [-0.2, -0.15) is 4.31 Å². The molecule has 0 spiro atoms. The van der Waals surface area contributed by atoms with Crippen LogP contribution >= 0.6 is 15.9 Å². The number of nitrogens with zero attached hydrogens (tertiary/aromatic N) is 1. The Balaban J connectivity index is 2.39. The summed E-state index contributed by atoms with van der Waals surface area (Å²) in [6, 6.07) is 3.61. The summed E-state index contributed by atoms with van der Waals surface area (Å²) in [6.07, 6.45) is 0.935. The Hall–Kier alpha value is -0.430. The van der Waals surface area contributed by atoms with Crippen LogP contribution in [0, 0.1) is 18.8 Å². The van der Waals surface area contributed by atoms with Crippen LogP contribution in [0.4, 0.5) is 0 Å². The largest absolute Gasteiger partial charge is 0.326 e. The third-order valence-corrected chi connectivity index (χ3v) is 7.47. The van der Waals surface area contributed by atoms with Gasteiger partial charge < -0.3 is 5.73 Å². The molecule has 2 rings (SSSR count). The van der Waals surface area contributed by atoms with Crippen LogP contribution in [-0.2, 0) is 16.6 Å². The van der Waals surface area contributed by atoms with Crippen LogP contribution in [0.3, 0.4) is 0 Å². The Labute approximate surface area is 135 Å². The van der Waals surface area contributed by atoms with Gasteiger partial charge in [0.05, 0.1) is 4.90 Å². The van der Waals surface area contributed by atoms with Crippen LogP contribution in [0.2, 0.25) is 0 Å². The molecule has 0 aliphatic carbocycles. The van der Waals surface area contributed by atoms with Gasteiger partial charge in [-0.3, -0.25) is 0 Å². The van der Waals surface area contributed by atoms with E-state index in [4.69, 9.17) is 5.73 Å². The second-order valence-corrected chi connectivity index (χ2v) is 8.78. The first-order valence-electron chi connectivity index (χ1n) is 7.26. The van der Waals surface area contributed by atoms with Gasteiger partial charge in [0, 0.05) is 24.1 Å². The highest BCUT2D eigenvalue weighted by atomic mass is 79.9. The molecule has 0 saturated carbocycles. The van der Waals surface area contributed by atoms with Gasteiger partial charge in [0.25, 0.3) is 0 Å². The van der Waals surface area contributed by atoms with Gasteiger partial charge >= 0.3 is 0 Å². The van der Waals surface area contributed by atoms with Gasteiger partial charge in [0.1, 0.15) is 0 Å². The van der Waals surface area contributed by atoms with E-state index in [1.54, 1.807) is 10.4 Å². The lowest BCUT2D eigenvalue weighted by molar-refractivity contribution is 0.388. The summed E-state index contributed by atoms with van der Waals surface area (Å²) in [5, 5.41) is 0. The number of nitrogens with two attached hydrogens (primary N) is 1. The van der Waals surface area contributed by atoms with Crippen LogP contribution in [0.15, 0.2) is 21.5 Å². The second-order valence-electron chi connectivity index (χ2n) is 6.08. The molecule has 6 heteroatoms. The van der Waals surface area contributed by atoms with Crippen LogP contribution in [-0.4, -0.2) is 25.8 Å². The highest BCUT2D eigenvalue weighted by Gasteiger charge is 2.35. The molecule has 0 amide bonds. The quantitative estimate of drug-likeness (QED) is 0.880. The Morgan fingerprint density at radius 2 is 2.10 bits per heavy atom. The maximum Gasteiger partial charge on any atom is 0.244 e. The number of aryl methyl sites for hydroxylation is 1. The fourth-order valence-corrected chi connectivity index (χ4v) is 5.31. The fraction of sp³-hybridized carbons (Fsp3) is 0.600. The molecule has 1 aromatic rings. The van der Waals surface area contributed by atoms with E-state index in [1.165, 1.54) is 0 Å². The Morgan fingerprint density at radius 3 is 2.62 bits per heavy atom. The molecule has 0 radical (unpaired) electrons. The van der Waals surface area contributed by atoms with Crippen molar-refractivity contribution in [1.82, 2.24) is 4.31 Å². The van der Waals surface area contributed by atoms with Crippen molar-refractivity contribution in [3.05, 3.63) is 27.7 Å². The number of halogens is 1. The summed E-state index contributed by atoms with van der Waals surface area (Å²) in [5.41, 5.74) is 7.41. The van der Waals surface area contributed by atoms with Gasteiger partial charge in [-0.15, -0.1) is 0 Å². The van der Waals surface area contributed by atoms with Gasteiger partial charge in [-0.25, -0.2) is 8.42 Å². The first-order valence-corrected chi connectivity index (χ1v) is 9.50. The van der Waals surface area contributed by atoms with E-state index in [0.717, 1.165) is 17.5 Å². The molecule has 1 aromatic carbocycles. The molecule has 1 aliphatic heterocycles. The Morgan fingerprint density at radius 1 is 1.43 bits per heavy atom. The lowest BCUT2D eigenvalue weighted by Crippen LogP contribution is -2.30. The van der Waals surface area contributed by atoms with E-state index in [2.05, 4.69) is 29.8 Å². The summed E-state index contributed by atoms with van der Waals surface area (Å²) >= 11 is 3.42. The highest BCUT2D eigenvalue weighted by Crippen LogP contribution is 2.33. The molecule has 4 nitrogen and oxygen atoms in total. The van der Waals surface area contributed by atoms with Crippen molar-refractivity contribution in [2.75, 3.05) is 13.1 Å². The van der Waals surface area contributed by atoms with Crippen LogP contribution < -0.4 is 5.73 Å². The Kier molecular flexibility index (Phi) is 5.13. The normalized spacial score (nSPS) is 20.4. The zero-order valence-electron chi connectivity index (χ0n) is 12.8. The molecule has 1 atom stereocenters. The number of rotatable bonds is 4. The zero-order chi connectivity index (χ0) is 15.8. The molecule has 1 saturated heterocycles. The fourth-order valence-electron chi connectivity index (χ4n) is 2.77. The third-order valence-electron chi connectivity index (χ3n) is 4.26. The minimum Gasteiger partial charge on any atom is -0.326 e. The van der Waals surface area contributed by atoms with E-state index in [0.29, 0.717) is 40.8 Å². The molecule has 1 unspecified atom stereocenters. The van der Waals surface area contributed by atoms with E-state index in [-0.39, 0.29) is 0 Å². The van der Waals surface area contributed by atoms with Gasteiger partial charge in [-0.05, 0) is 58.3 Å². The average molecular weight is 375 g/mol. The summed E-state index contributed by atoms with van der Waals surface area (Å²) in [4.78, 5) is 0.340. The van der Waals surface area contributed by atoms with Crippen molar-refractivity contribution in [2.24, 2.45) is 17.6 Å². The lowest BCUT2D eigenvalue weighted by Gasteiger charge is -2.20. The number of hydrogen-bond donors (Lipinski definition) is 1. The first kappa shape index (κ1) is 16.9. The molecule has 21 heavy (non-hydrogen) atoms.